The minimum absolute atomic E-state index is 0.103. The summed E-state index contributed by atoms with van der Waals surface area (Å²) >= 11 is 0. The lowest BCUT2D eigenvalue weighted by Crippen LogP contribution is -2.50. The van der Waals surface area contributed by atoms with Crippen molar-refractivity contribution in [2.75, 3.05) is 0 Å². The van der Waals surface area contributed by atoms with Crippen LogP contribution in [0.15, 0.2) is 66.9 Å². The van der Waals surface area contributed by atoms with Crippen molar-refractivity contribution in [1.29, 1.82) is 0 Å². The first-order valence-corrected chi connectivity index (χ1v) is 7.86. The molecule has 0 radical (unpaired) electrons. The zero-order valence-electron chi connectivity index (χ0n) is 13.6. The number of nitrogens with one attached hydrogen (secondary N) is 2. The van der Waals surface area contributed by atoms with E-state index in [1.807, 2.05) is 0 Å². The van der Waals surface area contributed by atoms with E-state index in [4.69, 9.17) is 0 Å². The van der Waals surface area contributed by atoms with Crippen LogP contribution in [0, 0.1) is 5.92 Å². The minimum Gasteiger partial charge on any atom is -0.434 e. The molecule has 26 heavy (non-hydrogen) atoms. The van der Waals surface area contributed by atoms with Crippen molar-refractivity contribution in [2.45, 2.75) is 12.7 Å². The molecule has 0 aliphatic carbocycles. The summed E-state index contributed by atoms with van der Waals surface area (Å²) in [5.41, 5.74) is 0.895. The highest BCUT2D eigenvalue weighted by Gasteiger charge is 2.39. The molecule has 7 heteroatoms. The van der Waals surface area contributed by atoms with Gasteiger partial charge in [0.25, 0.3) is 0 Å². The molecule has 2 amide bonds. The molecule has 2 aromatic rings. The van der Waals surface area contributed by atoms with Gasteiger partial charge in [0.1, 0.15) is 5.75 Å². The van der Waals surface area contributed by atoms with E-state index in [0.29, 0.717) is 5.56 Å². The van der Waals surface area contributed by atoms with E-state index in [9.17, 15) is 18.4 Å². The van der Waals surface area contributed by atoms with E-state index in [-0.39, 0.29) is 22.8 Å². The first-order valence-electron chi connectivity index (χ1n) is 7.86. The normalized spacial score (nSPS) is 19.7. The molecule has 1 aliphatic rings. The number of benzene rings is 2. The lowest BCUT2D eigenvalue weighted by Gasteiger charge is -2.34. The van der Waals surface area contributed by atoms with Gasteiger partial charge in [0.05, 0.1) is 12.0 Å². The third-order valence-electron chi connectivity index (χ3n) is 4.08. The van der Waals surface area contributed by atoms with Crippen LogP contribution in [0.1, 0.15) is 22.0 Å². The maximum atomic E-state index is 13.0. The average Bonchev–Trinajstić information content (AvgIpc) is 2.61. The number of urea groups is 1. The fourth-order valence-electron chi connectivity index (χ4n) is 2.98. The predicted molar refractivity (Wildman–Crippen MR) is 90.9 cm³/mol. The summed E-state index contributed by atoms with van der Waals surface area (Å²) in [5, 5.41) is 5.11. The maximum Gasteiger partial charge on any atom is 0.387 e. The number of ketones is 1. The van der Waals surface area contributed by atoms with Gasteiger partial charge in [-0.1, -0.05) is 55.1 Å². The van der Waals surface area contributed by atoms with Crippen LogP contribution in [0.3, 0.4) is 0 Å². The highest BCUT2D eigenvalue weighted by Crippen LogP contribution is 2.37. The number of hydrogen-bond acceptors (Lipinski definition) is 3. The number of carbonyl (C=O) groups is 2. The quantitative estimate of drug-likeness (QED) is 0.802. The van der Waals surface area contributed by atoms with Gasteiger partial charge >= 0.3 is 12.6 Å². The van der Waals surface area contributed by atoms with Crippen molar-refractivity contribution in [1.82, 2.24) is 10.6 Å². The van der Waals surface area contributed by atoms with E-state index in [1.54, 1.807) is 36.4 Å². The number of hydrogen-bond donors (Lipinski definition) is 2. The summed E-state index contributed by atoms with van der Waals surface area (Å²) in [6.07, 6.45) is 0. The molecule has 0 spiro atoms. The fourth-order valence-corrected chi connectivity index (χ4v) is 2.98. The number of alkyl halides is 2. The number of halogens is 2. The molecule has 2 atom stereocenters. The number of carbonyl (C=O) groups excluding carboxylic acids is 2. The van der Waals surface area contributed by atoms with Gasteiger partial charge in [-0.3, -0.25) is 4.79 Å². The van der Waals surface area contributed by atoms with Gasteiger partial charge in [-0.05, 0) is 6.07 Å². The third-order valence-corrected chi connectivity index (χ3v) is 4.08. The van der Waals surface area contributed by atoms with Crippen LogP contribution in [-0.2, 0) is 0 Å². The smallest absolute Gasteiger partial charge is 0.387 e. The summed E-state index contributed by atoms with van der Waals surface area (Å²) in [5.74, 6) is -1.27. The lowest BCUT2D eigenvalue weighted by atomic mass is 9.83. The molecular weight excluding hydrogens is 342 g/mol. The van der Waals surface area contributed by atoms with Gasteiger partial charge in [-0.25, -0.2) is 4.79 Å². The highest BCUT2D eigenvalue weighted by molar-refractivity contribution is 6.01. The molecule has 1 fully saturated rings. The van der Waals surface area contributed by atoms with Crippen LogP contribution in [-0.4, -0.2) is 18.4 Å². The fraction of sp³-hybridized carbons (Fsp3) is 0.158. The Morgan fingerprint density at radius 2 is 1.73 bits per heavy atom. The SMILES string of the molecule is C=C1NC(=O)N[C@H](c2ccccc2OC(F)F)[C@@H]1C(=O)c1ccccc1. The molecule has 134 valence electrons. The predicted octanol–water partition coefficient (Wildman–Crippen LogP) is 3.65. The summed E-state index contributed by atoms with van der Waals surface area (Å²) in [6, 6.07) is 13.1. The van der Waals surface area contributed by atoms with Crippen LogP contribution in [0.4, 0.5) is 13.6 Å². The second-order valence-electron chi connectivity index (χ2n) is 5.73. The van der Waals surface area contributed by atoms with Gasteiger partial charge in [-0.2, -0.15) is 8.78 Å². The monoisotopic (exact) mass is 358 g/mol. The van der Waals surface area contributed by atoms with Crippen LogP contribution < -0.4 is 15.4 Å². The van der Waals surface area contributed by atoms with Gasteiger partial charge < -0.3 is 15.4 Å². The first-order chi connectivity index (χ1) is 12.5. The van der Waals surface area contributed by atoms with E-state index in [1.165, 1.54) is 18.2 Å². The Bertz CT molecular complexity index is 840. The van der Waals surface area contributed by atoms with E-state index in [2.05, 4.69) is 21.9 Å². The zero-order chi connectivity index (χ0) is 18.7. The summed E-state index contributed by atoms with van der Waals surface area (Å²) in [7, 11) is 0. The molecule has 2 aromatic carbocycles. The van der Waals surface area contributed by atoms with E-state index < -0.39 is 24.6 Å². The van der Waals surface area contributed by atoms with Crippen molar-refractivity contribution in [3.8, 4) is 5.75 Å². The van der Waals surface area contributed by atoms with Crippen molar-refractivity contribution < 1.29 is 23.1 Å². The van der Waals surface area contributed by atoms with Crippen LogP contribution in [0.25, 0.3) is 0 Å². The summed E-state index contributed by atoms with van der Waals surface area (Å²) < 4.78 is 30.0. The maximum absolute atomic E-state index is 13.0. The Kier molecular flexibility index (Phi) is 4.97. The molecule has 1 saturated heterocycles. The first kappa shape index (κ1) is 17.6. The van der Waals surface area contributed by atoms with E-state index in [0.717, 1.165) is 0 Å². The Hall–Kier alpha value is -3.22. The van der Waals surface area contributed by atoms with Crippen molar-refractivity contribution >= 4 is 11.8 Å². The molecule has 0 aromatic heterocycles. The lowest BCUT2D eigenvalue weighted by molar-refractivity contribution is -0.0507. The largest absolute Gasteiger partial charge is 0.434 e. The summed E-state index contributed by atoms with van der Waals surface area (Å²) in [4.78, 5) is 24.9. The van der Waals surface area contributed by atoms with Crippen LogP contribution >= 0.6 is 0 Å². The number of rotatable bonds is 5. The second-order valence-corrected chi connectivity index (χ2v) is 5.73. The number of Topliss-reactive ketones (excluding diaryl/α,β-unsaturated/α-hetero) is 1. The van der Waals surface area contributed by atoms with E-state index >= 15 is 0 Å². The van der Waals surface area contributed by atoms with Gasteiger partial charge in [-0.15, -0.1) is 0 Å². The van der Waals surface area contributed by atoms with Crippen LogP contribution in [0.2, 0.25) is 0 Å². The molecule has 5 nitrogen and oxygen atoms in total. The molecule has 0 bridgehead atoms. The number of ether oxygens (including phenoxy) is 1. The minimum atomic E-state index is -3.03. The standard InChI is InChI=1S/C19H16F2N2O3/c1-11-15(17(24)12-7-3-2-4-8-12)16(23-19(25)22-11)13-9-5-6-10-14(13)26-18(20)21/h2-10,15-16,18H,1H2,(H2,22,23,25)/t15-,16-/m1/s1. The molecule has 0 unspecified atom stereocenters. The van der Waals surface area contributed by atoms with Crippen LogP contribution in [0.5, 0.6) is 5.75 Å². The zero-order valence-corrected chi connectivity index (χ0v) is 13.6. The van der Waals surface area contributed by atoms with Crippen molar-refractivity contribution in [2.24, 2.45) is 5.92 Å². The van der Waals surface area contributed by atoms with Gasteiger partial charge in [0, 0.05) is 16.8 Å². The average molecular weight is 358 g/mol. The molecule has 3 rings (SSSR count). The Labute approximate surface area is 148 Å². The second kappa shape index (κ2) is 7.35. The number of para-hydroxylation sites is 1. The van der Waals surface area contributed by atoms with Crippen molar-refractivity contribution in [3.05, 3.63) is 78.0 Å². The molecule has 1 aliphatic heterocycles. The Morgan fingerprint density at radius 1 is 1.08 bits per heavy atom. The Morgan fingerprint density at radius 3 is 2.42 bits per heavy atom. The molecule has 2 N–H and O–H groups in total. The topological polar surface area (TPSA) is 67.4 Å². The number of amides is 2. The Balaban J connectivity index is 2.03. The summed E-state index contributed by atoms with van der Waals surface area (Å²) in [6.45, 7) is 0.749. The van der Waals surface area contributed by atoms with Crippen molar-refractivity contribution in [3.63, 3.8) is 0 Å². The van der Waals surface area contributed by atoms with Gasteiger partial charge in [0.15, 0.2) is 5.78 Å². The molecule has 1 heterocycles. The van der Waals surface area contributed by atoms with Gasteiger partial charge in [0.2, 0.25) is 0 Å². The molecular formula is C19H16F2N2O3. The highest BCUT2D eigenvalue weighted by atomic mass is 19.3. The molecule has 0 saturated carbocycles. The third kappa shape index (κ3) is 3.56.